The van der Waals surface area contributed by atoms with Gasteiger partial charge in [-0.2, -0.15) is 0 Å². The van der Waals surface area contributed by atoms with Crippen LogP contribution in [0.4, 0.5) is 21.9 Å². The third kappa shape index (κ3) is 9.59. The van der Waals surface area contributed by atoms with Crippen LogP contribution < -0.4 is 24.8 Å². The van der Waals surface area contributed by atoms with Gasteiger partial charge in [-0.1, -0.05) is 72.8 Å². The van der Waals surface area contributed by atoms with Crippen molar-refractivity contribution in [2.75, 3.05) is 79.2 Å². The standard InChI is InChI=1S/C37H34Cl2N4O5S.C19H14ClNO4S/c1-41(2)14-13-40-37(47)48-30-16-28-34(26-10-6-4-8-24(26)30)22(18-39)20-43(28)36(46)32-12-11-31(49-32)35(45)42-19-21(17-38)33-25-9-5-3-7-23(25)29(44)15-27(33)42;20-8-10-9-21(18(23)15-5-6-16(26-15)19(24)25)13-7-14(22)11-3-1-2-4-12(11)17(10)13/h3-12,15-16,21-22,44H,13-14,17-20H2,1-2H3,(H,40,47);1-7,10,22H,8-9H2,(H,24,25)/t21-,22-;10-/m11/s1. The predicted octanol–water partition coefficient (Wildman–Crippen LogP) is 11.7. The van der Waals surface area contributed by atoms with Crippen LogP contribution in [-0.4, -0.2) is 114 Å². The summed E-state index contributed by atoms with van der Waals surface area (Å²) >= 11 is 21.1. The first-order valence-electron chi connectivity index (χ1n) is 23.9. The van der Waals surface area contributed by atoms with Crippen LogP contribution in [0.3, 0.4) is 0 Å². The second-order valence-electron chi connectivity index (χ2n) is 18.7. The predicted molar refractivity (Wildman–Crippen MR) is 299 cm³/mol. The van der Waals surface area contributed by atoms with Crippen molar-refractivity contribution in [2.24, 2.45) is 0 Å². The molecule has 8 aromatic rings. The number of likely N-dealkylation sites (N-methyl/N-ethyl adjacent to an activating group) is 1. The number of nitrogens with one attached hydrogen (secondary N) is 1. The number of hydrogen-bond acceptors (Lipinski definition) is 11. The fourth-order valence-corrected chi connectivity index (χ4v) is 12.8. The number of phenolic OH excluding ortho intramolecular Hbond substituents is 2. The van der Waals surface area contributed by atoms with E-state index in [1.807, 2.05) is 91.8 Å². The summed E-state index contributed by atoms with van der Waals surface area (Å²) in [6.45, 7) is 2.17. The molecule has 4 amide bonds. The molecule has 3 atom stereocenters. The highest BCUT2D eigenvalue weighted by atomic mass is 35.5. The first kappa shape index (κ1) is 51.6. The molecule has 6 aromatic carbocycles. The Morgan fingerprint density at radius 2 is 0.920 bits per heavy atom. The zero-order valence-electron chi connectivity index (χ0n) is 40.4. The van der Waals surface area contributed by atoms with Crippen LogP contribution in [0.25, 0.3) is 32.3 Å². The molecular weight excluding hydrogens is 1060 g/mol. The molecule has 0 bridgehead atoms. The van der Waals surface area contributed by atoms with Gasteiger partial charge in [-0.15, -0.1) is 57.5 Å². The highest BCUT2D eigenvalue weighted by Crippen LogP contribution is 2.49. The van der Waals surface area contributed by atoms with Crippen LogP contribution >= 0.6 is 57.5 Å². The molecule has 2 aromatic heterocycles. The molecule has 0 spiro atoms. The second kappa shape index (κ2) is 21.4. The van der Waals surface area contributed by atoms with E-state index in [0.717, 1.165) is 66.3 Å². The maximum Gasteiger partial charge on any atom is 0.412 e. The number of rotatable bonds is 11. The van der Waals surface area contributed by atoms with Crippen molar-refractivity contribution in [3.8, 4) is 17.2 Å². The molecule has 0 saturated carbocycles. The Morgan fingerprint density at radius 1 is 0.560 bits per heavy atom. The van der Waals surface area contributed by atoms with Gasteiger partial charge in [0.15, 0.2) is 0 Å². The van der Waals surface area contributed by atoms with E-state index in [1.165, 1.54) is 12.1 Å². The summed E-state index contributed by atoms with van der Waals surface area (Å²) in [6.07, 6.45) is -0.584. The molecule has 11 rings (SSSR count). The number of thiophene rings is 2. The van der Waals surface area contributed by atoms with Gasteiger partial charge in [0.25, 0.3) is 17.7 Å². The minimum absolute atomic E-state index is 0.0555. The summed E-state index contributed by atoms with van der Waals surface area (Å²) in [5.74, 6) is -0.727. The summed E-state index contributed by atoms with van der Waals surface area (Å²) in [6, 6.07) is 33.9. The molecule has 14 nitrogen and oxygen atoms in total. The Kier molecular flexibility index (Phi) is 14.7. The number of amides is 4. The minimum atomic E-state index is -1.06. The SMILES string of the molecule is CN(C)CCNC(=O)Oc1cc2c(c3ccccc13)[C@H](CCl)CN2C(=O)c1ccc(C(=O)N2C[C@@H](CCl)c3c2cc(O)c2ccccc32)s1.O=C(O)c1ccc(C(=O)N2C[C@@H](CCl)c3c2cc(O)c2ccccc32)s1. The van der Waals surface area contributed by atoms with Gasteiger partial charge in [-0.25, -0.2) is 9.59 Å². The molecule has 3 aliphatic rings. The van der Waals surface area contributed by atoms with Crippen molar-refractivity contribution in [3.63, 3.8) is 0 Å². The number of carbonyl (C=O) groups excluding carboxylic acids is 4. The zero-order chi connectivity index (χ0) is 52.8. The smallest absolute Gasteiger partial charge is 0.412 e. The van der Waals surface area contributed by atoms with Crippen molar-refractivity contribution >= 4 is 137 Å². The van der Waals surface area contributed by atoms with Gasteiger partial charge in [-0.3, -0.25) is 14.4 Å². The van der Waals surface area contributed by atoms with Gasteiger partial charge >= 0.3 is 12.1 Å². The maximum absolute atomic E-state index is 14.2. The summed E-state index contributed by atoms with van der Waals surface area (Å²) in [5.41, 5.74) is 4.66. The van der Waals surface area contributed by atoms with E-state index in [4.69, 9.17) is 44.6 Å². The average Bonchev–Trinajstić information content (AvgIpc) is 4.31. The van der Waals surface area contributed by atoms with E-state index < -0.39 is 12.1 Å². The van der Waals surface area contributed by atoms with Gasteiger partial charge in [0.05, 0.1) is 31.7 Å². The lowest BCUT2D eigenvalue weighted by molar-refractivity contribution is 0.0701. The van der Waals surface area contributed by atoms with E-state index in [-0.39, 0.29) is 57.7 Å². The number of nitrogens with zero attached hydrogens (tertiary/aromatic N) is 4. The average molecular weight is 1110 g/mol. The number of ether oxygens (including phenoxy) is 1. The van der Waals surface area contributed by atoms with Gasteiger partial charge in [0, 0.05) is 102 Å². The minimum Gasteiger partial charge on any atom is -0.507 e. The monoisotopic (exact) mass is 1100 g/mol. The first-order chi connectivity index (χ1) is 36.2. The number of phenols is 2. The Morgan fingerprint density at radius 3 is 1.31 bits per heavy atom. The largest absolute Gasteiger partial charge is 0.507 e. The van der Waals surface area contributed by atoms with Gasteiger partial charge in [-0.05, 0) is 71.2 Å². The van der Waals surface area contributed by atoms with Crippen molar-refractivity contribution < 1.29 is 44.0 Å². The molecule has 0 fully saturated rings. The van der Waals surface area contributed by atoms with Gasteiger partial charge in [0.2, 0.25) is 0 Å². The maximum atomic E-state index is 14.2. The fourth-order valence-electron chi connectivity index (χ4n) is 10.4. The second-order valence-corrected chi connectivity index (χ2v) is 21.7. The number of alkyl halides is 3. The number of benzene rings is 6. The molecule has 0 radical (unpaired) electrons. The molecule has 384 valence electrons. The summed E-state index contributed by atoms with van der Waals surface area (Å²) in [4.78, 5) is 73.1. The molecule has 75 heavy (non-hydrogen) atoms. The van der Waals surface area contributed by atoms with Gasteiger partial charge < -0.3 is 45.0 Å². The van der Waals surface area contributed by atoms with E-state index >= 15 is 0 Å². The number of carboxylic acids is 1. The molecule has 0 unspecified atom stereocenters. The number of aromatic carboxylic acids is 1. The van der Waals surface area contributed by atoms with E-state index in [0.29, 0.717) is 87.3 Å². The quantitative estimate of drug-likeness (QED) is 0.0911. The van der Waals surface area contributed by atoms with Crippen LogP contribution in [0.5, 0.6) is 17.2 Å². The first-order valence-corrected chi connectivity index (χ1v) is 27.2. The molecule has 5 heterocycles. The van der Waals surface area contributed by atoms with Crippen LogP contribution in [-0.2, 0) is 0 Å². The molecule has 19 heteroatoms. The van der Waals surface area contributed by atoms with Crippen LogP contribution in [0, 0.1) is 0 Å². The Hall–Kier alpha value is -6.92. The Balaban J connectivity index is 0.000000207. The lowest BCUT2D eigenvalue weighted by atomic mass is 9.95. The van der Waals surface area contributed by atoms with Crippen molar-refractivity contribution in [1.29, 1.82) is 0 Å². The van der Waals surface area contributed by atoms with E-state index in [1.54, 1.807) is 45.0 Å². The van der Waals surface area contributed by atoms with Crippen molar-refractivity contribution in [2.45, 2.75) is 17.8 Å². The number of carboxylic acid groups (broad SMARTS) is 1. The normalized spacial score (nSPS) is 16.5. The molecule has 3 aliphatic heterocycles. The number of anilines is 3. The summed E-state index contributed by atoms with van der Waals surface area (Å²) in [7, 11) is 3.84. The third-order valence-corrected chi connectivity index (χ3v) is 17.0. The topological polar surface area (TPSA) is 180 Å². The molecular formula is C56H48Cl3N5O9S2. The molecule has 4 N–H and O–H groups in total. The third-order valence-electron chi connectivity index (χ3n) is 13.8. The number of fused-ring (bicyclic) bond motifs is 9. The van der Waals surface area contributed by atoms with Crippen molar-refractivity contribution in [3.05, 3.63) is 151 Å². The molecule has 0 saturated heterocycles. The lowest BCUT2D eigenvalue weighted by Gasteiger charge is -2.19. The van der Waals surface area contributed by atoms with E-state index in [9.17, 15) is 34.2 Å². The number of aromatic hydroxyl groups is 2. The van der Waals surface area contributed by atoms with Gasteiger partial charge in [0.1, 0.15) is 22.1 Å². The highest BCUT2D eigenvalue weighted by Gasteiger charge is 2.39. The summed E-state index contributed by atoms with van der Waals surface area (Å²) in [5, 5.41) is 37.8. The van der Waals surface area contributed by atoms with Crippen molar-refractivity contribution in [1.82, 2.24) is 10.2 Å². The number of hydrogen-bond donors (Lipinski definition) is 4. The summed E-state index contributed by atoms with van der Waals surface area (Å²) < 4.78 is 5.80. The molecule has 0 aliphatic carbocycles. The van der Waals surface area contributed by atoms with Crippen LogP contribution in [0.2, 0.25) is 0 Å². The van der Waals surface area contributed by atoms with Crippen LogP contribution in [0.15, 0.2) is 115 Å². The Bertz CT molecular complexity index is 3600. The fraction of sp³-hybridized carbons (Fsp3) is 0.232. The highest BCUT2D eigenvalue weighted by molar-refractivity contribution is 7.16. The number of carbonyl (C=O) groups is 5. The van der Waals surface area contributed by atoms with E-state index in [2.05, 4.69) is 5.32 Å². The zero-order valence-corrected chi connectivity index (χ0v) is 44.3. The number of halogens is 3. The Labute approximate surface area is 453 Å². The van der Waals surface area contributed by atoms with Crippen LogP contribution in [0.1, 0.15) is 73.1 Å². The lowest BCUT2D eigenvalue weighted by Crippen LogP contribution is -2.33.